The van der Waals surface area contributed by atoms with Gasteiger partial charge >= 0.3 is 0 Å². The van der Waals surface area contributed by atoms with Crippen LogP contribution in [0, 0.1) is 0 Å². The van der Waals surface area contributed by atoms with E-state index in [4.69, 9.17) is 4.74 Å². The zero-order valence-corrected chi connectivity index (χ0v) is 19.4. The van der Waals surface area contributed by atoms with Crippen LogP contribution in [0.5, 0.6) is 17.2 Å². The van der Waals surface area contributed by atoms with Crippen LogP contribution in [0.1, 0.15) is 83.1 Å². The molecule has 0 heterocycles. The van der Waals surface area contributed by atoms with E-state index in [2.05, 4.69) is 13.0 Å². The lowest BCUT2D eigenvalue weighted by atomic mass is 10.0. The average Bonchev–Trinajstić information content (AvgIpc) is 2.71. The third-order valence-electron chi connectivity index (χ3n) is 5.37. The predicted molar refractivity (Wildman–Crippen MR) is 125 cm³/mol. The van der Waals surface area contributed by atoms with Crippen molar-refractivity contribution in [3.8, 4) is 17.2 Å². The first-order valence-electron chi connectivity index (χ1n) is 11.5. The highest BCUT2D eigenvalue weighted by molar-refractivity contribution is 7.85. The molecule has 2 aromatic carbocycles. The van der Waals surface area contributed by atoms with Gasteiger partial charge in [0.05, 0.1) is 0 Å². The van der Waals surface area contributed by atoms with Crippen LogP contribution < -0.4 is 4.74 Å². The summed E-state index contributed by atoms with van der Waals surface area (Å²) in [5.74, 6) is 0.425. The standard InChI is InChI=1S/C25H36O5S/c1-2-3-4-5-6-7-8-9-10-11-12-14-21-15-13-16-23(17-21)30-24-18-22(26)19-25(20-24)31(27,28)29/h13,15-20,26H,2-12,14H2,1H3,(H,27,28,29). The van der Waals surface area contributed by atoms with E-state index in [0.717, 1.165) is 24.5 Å². The Balaban J connectivity index is 1.72. The molecule has 0 aromatic heterocycles. The number of hydrogen-bond acceptors (Lipinski definition) is 4. The average molecular weight is 449 g/mol. The molecule has 0 unspecified atom stereocenters. The lowest BCUT2D eigenvalue weighted by molar-refractivity contribution is 0.446. The molecule has 6 heteroatoms. The molecule has 2 rings (SSSR count). The highest BCUT2D eigenvalue weighted by Crippen LogP contribution is 2.29. The van der Waals surface area contributed by atoms with Gasteiger partial charge < -0.3 is 9.84 Å². The summed E-state index contributed by atoms with van der Waals surface area (Å²) < 4.78 is 37.5. The SMILES string of the molecule is CCCCCCCCCCCCCc1cccc(Oc2cc(O)cc(S(=O)(=O)O)c2)c1. The Bertz CT molecular complexity index is 893. The Hall–Kier alpha value is -2.05. The molecule has 0 spiro atoms. The summed E-state index contributed by atoms with van der Waals surface area (Å²) in [5, 5.41) is 9.70. The molecule has 0 radical (unpaired) electrons. The van der Waals surface area contributed by atoms with Crippen LogP contribution in [0.15, 0.2) is 47.4 Å². The Morgan fingerprint density at radius 2 is 1.39 bits per heavy atom. The third-order valence-corrected chi connectivity index (χ3v) is 6.20. The molecule has 0 amide bonds. The number of aromatic hydroxyl groups is 1. The van der Waals surface area contributed by atoms with Gasteiger partial charge in [0.2, 0.25) is 0 Å². The van der Waals surface area contributed by atoms with Gasteiger partial charge in [-0.25, -0.2) is 0 Å². The fourth-order valence-corrected chi connectivity index (χ4v) is 4.19. The summed E-state index contributed by atoms with van der Waals surface area (Å²) >= 11 is 0. The fourth-order valence-electron chi connectivity index (χ4n) is 3.66. The lowest BCUT2D eigenvalue weighted by Gasteiger charge is -2.09. The molecule has 0 aliphatic carbocycles. The van der Waals surface area contributed by atoms with Crippen molar-refractivity contribution in [2.24, 2.45) is 0 Å². The van der Waals surface area contributed by atoms with Crippen molar-refractivity contribution in [1.82, 2.24) is 0 Å². The van der Waals surface area contributed by atoms with Gasteiger partial charge in [0.1, 0.15) is 22.1 Å². The van der Waals surface area contributed by atoms with Crippen molar-refractivity contribution < 1.29 is 22.8 Å². The van der Waals surface area contributed by atoms with E-state index in [0.29, 0.717) is 5.75 Å². The van der Waals surface area contributed by atoms with Crippen LogP contribution in [-0.2, 0) is 16.5 Å². The second-order valence-electron chi connectivity index (χ2n) is 8.17. The topological polar surface area (TPSA) is 83.8 Å². The molecule has 0 atom stereocenters. The quantitative estimate of drug-likeness (QED) is 0.221. The van der Waals surface area contributed by atoms with Crippen molar-refractivity contribution >= 4 is 10.1 Å². The Kier molecular flexibility index (Phi) is 10.9. The maximum absolute atomic E-state index is 11.3. The van der Waals surface area contributed by atoms with Crippen molar-refractivity contribution in [2.75, 3.05) is 0 Å². The minimum Gasteiger partial charge on any atom is -0.508 e. The maximum atomic E-state index is 11.3. The Morgan fingerprint density at radius 1 is 0.774 bits per heavy atom. The summed E-state index contributed by atoms with van der Waals surface area (Å²) in [6.45, 7) is 2.25. The van der Waals surface area contributed by atoms with E-state index in [-0.39, 0.29) is 11.5 Å². The van der Waals surface area contributed by atoms with Crippen molar-refractivity contribution in [2.45, 2.75) is 88.9 Å². The molecular weight excluding hydrogens is 412 g/mol. The molecule has 2 aromatic rings. The smallest absolute Gasteiger partial charge is 0.294 e. The van der Waals surface area contributed by atoms with Crippen LogP contribution in [0.25, 0.3) is 0 Å². The number of phenols is 1. The highest BCUT2D eigenvalue weighted by Gasteiger charge is 2.13. The van der Waals surface area contributed by atoms with Gasteiger partial charge in [-0.05, 0) is 30.5 Å². The third kappa shape index (κ3) is 10.2. The minimum atomic E-state index is -4.42. The van der Waals surface area contributed by atoms with Crippen LogP contribution in [0.2, 0.25) is 0 Å². The van der Waals surface area contributed by atoms with Gasteiger partial charge in [0.25, 0.3) is 10.1 Å². The maximum Gasteiger partial charge on any atom is 0.294 e. The second-order valence-corrected chi connectivity index (χ2v) is 9.59. The number of unbranched alkanes of at least 4 members (excludes halogenated alkanes) is 10. The second kappa shape index (κ2) is 13.4. The van der Waals surface area contributed by atoms with Crippen LogP contribution >= 0.6 is 0 Å². The summed E-state index contributed by atoms with van der Waals surface area (Å²) in [4.78, 5) is -0.403. The van der Waals surface area contributed by atoms with Gasteiger partial charge in [-0.1, -0.05) is 83.3 Å². The summed E-state index contributed by atoms with van der Waals surface area (Å²) in [7, 11) is -4.42. The van der Waals surface area contributed by atoms with Gasteiger partial charge in [-0.15, -0.1) is 0 Å². The summed E-state index contributed by atoms with van der Waals surface area (Å²) in [6, 6.07) is 11.1. The van der Waals surface area contributed by atoms with Crippen molar-refractivity contribution in [1.29, 1.82) is 0 Å². The largest absolute Gasteiger partial charge is 0.508 e. The zero-order valence-electron chi connectivity index (χ0n) is 18.6. The molecule has 0 saturated carbocycles. The molecular formula is C25H36O5S. The van der Waals surface area contributed by atoms with E-state index in [1.54, 1.807) is 6.07 Å². The van der Waals surface area contributed by atoms with Gasteiger partial charge in [-0.2, -0.15) is 8.42 Å². The summed E-state index contributed by atoms with van der Waals surface area (Å²) in [5.41, 5.74) is 1.16. The Labute approximate surface area is 187 Å². The number of benzene rings is 2. The monoisotopic (exact) mass is 448 g/mol. The lowest BCUT2D eigenvalue weighted by Crippen LogP contribution is -1.98. The van der Waals surface area contributed by atoms with Crippen molar-refractivity contribution in [3.05, 3.63) is 48.0 Å². The minimum absolute atomic E-state index is 0.152. The number of ether oxygens (including phenoxy) is 1. The van der Waals surface area contributed by atoms with E-state index in [9.17, 15) is 18.1 Å². The first kappa shape index (κ1) is 25.2. The van der Waals surface area contributed by atoms with E-state index in [1.165, 1.54) is 76.3 Å². The molecule has 5 nitrogen and oxygen atoms in total. The van der Waals surface area contributed by atoms with Crippen molar-refractivity contribution in [3.63, 3.8) is 0 Å². The predicted octanol–water partition coefficient (Wildman–Crippen LogP) is 7.28. The van der Waals surface area contributed by atoms with E-state index >= 15 is 0 Å². The number of aryl methyl sites for hydroxylation is 1. The Morgan fingerprint density at radius 3 is 2.00 bits per heavy atom. The normalized spacial score (nSPS) is 11.5. The van der Waals surface area contributed by atoms with Gasteiger partial charge in [-0.3, -0.25) is 4.55 Å². The van der Waals surface area contributed by atoms with Crippen LogP contribution in [0.3, 0.4) is 0 Å². The molecule has 0 aliphatic heterocycles. The molecule has 0 fully saturated rings. The van der Waals surface area contributed by atoms with Crippen LogP contribution in [0.4, 0.5) is 0 Å². The molecule has 2 N–H and O–H groups in total. The number of hydrogen-bond donors (Lipinski definition) is 2. The number of rotatable bonds is 15. The molecule has 31 heavy (non-hydrogen) atoms. The van der Waals surface area contributed by atoms with Gasteiger partial charge in [0, 0.05) is 18.2 Å². The first-order chi connectivity index (χ1) is 14.9. The number of phenolic OH excluding ortho intramolecular Hbond substituents is 1. The molecule has 0 saturated heterocycles. The molecule has 0 bridgehead atoms. The fraction of sp³-hybridized carbons (Fsp3) is 0.520. The van der Waals surface area contributed by atoms with E-state index in [1.807, 2.05) is 12.1 Å². The summed E-state index contributed by atoms with van der Waals surface area (Å²) in [6.07, 6.45) is 15.4. The highest BCUT2D eigenvalue weighted by atomic mass is 32.2. The molecule has 172 valence electrons. The van der Waals surface area contributed by atoms with Crippen LogP contribution in [-0.4, -0.2) is 18.1 Å². The molecule has 0 aliphatic rings. The zero-order chi connectivity index (χ0) is 22.5. The first-order valence-corrected chi connectivity index (χ1v) is 12.9. The van der Waals surface area contributed by atoms with Gasteiger partial charge in [0.15, 0.2) is 0 Å². The van der Waals surface area contributed by atoms with E-state index < -0.39 is 15.0 Å².